The molecule has 0 heterocycles. The fourth-order valence-corrected chi connectivity index (χ4v) is 7.10. The Balaban J connectivity index is 2.54. The molecule has 2 bridgehead atoms. The second kappa shape index (κ2) is 4.18. The molecule has 106 valence electrons. The van der Waals surface area contributed by atoms with Gasteiger partial charge in [0.1, 0.15) is 4.75 Å². The SMILES string of the molecule is CCN(CC)S(=O)(=O)[C@@]12CC[C@@H](C[C@@H]1O)C2(C)C. The number of sulfonamides is 1. The lowest BCUT2D eigenvalue weighted by molar-refractivity contribution is 0.107. The Morgan fingerprint density at radius 3 is 2.17 bits per heavy atom. The quantitative estimate of drug-likeness (QED) is 0.848. The molecule has 0 spiro atoms. The van der Waals surface area contributed by atoms with Crippen LogP contribution in [0.25, 0.3) is 0 Å². The molecule has 4 nitrogen and oxygen atoms in total. The van der Waals surface area contributed by atoms with Gasteiger partial charge >= 0.3 is 0 Å². The number of aliphatic hydroxyl groups excluding tert-OH is 1. The zero-order valence-corrected chi connectivity index (χ0v) is 12.6. The van der Waals surface area contributed by atoms with Crippen molar-refractivity contribution >= 4 is 10.0 Å². The first-order valence-electron chi connectivity index (χ1n) is 6.93. The summed E-state index contributed by atoms with van der Waals surface area (Å²) in [4.78, 5) is 0. The smallest absolute Gasteiger partial charge is 0.222 e. The van der Waals surface area contributed by atoms with Crippen LogP contribution in [0, 0.1) is 11.3 Å². The Hall–Kier alpha value is -0.130. The van der Waals surface area contributed by atoms with Crippen LogP contribution in [0.4, 0.5) is 0 Å². The van der Waals surface area contributed by atoms with E-state index < -0.39 is 20.9 Å². The van der Waals surface area contributed by atoms with E-state index in [1.807, 2.05) is 27.7 Å². The second-order valence-corrected chi connectivity index (χ2v) is 8.38. The van der Waals surface area contributed by atoms with Gasteiger partial charge in [-0.1, -0.05) is 27.7 Å². The molecule has 2 rings (SSSR count). The third-order valence-corrected chi connectivity index (χ3v) is 8.65. The van der Waals surface area contributed by atoms with Crippen LogP contribution < -0.4 is 0 Å². The molecule has 0 aliphatic heterocycles. The third-order valence-electron chi connectivity index (χ3n) is 5.53. The van der Waals surface area contributed by atoms with Crippen LogP contribution in [0.15, 0.2) is 0 Å². The van der Waals surface area contributed by atoms with Crippen LogP contribution in [-0.2, 0) is 10.0 Å². The Morgan fingerprint density at radius 2 is 1.83 bits per heavy atom. The molecule has 0 unspecified atom stereocenters. The molecule has 0 aromatic rings. The first kappa shape index (κ1) is 14.3. The van der Waals surface area contributed by atoms with Gasteiger partial charge < -0.3 is 5.11 Å². The van der Waals surface area contributed by atoms with Crippen molar-refractivity contribution in [2.75, 3.05) is 13.1 Å². The molecular weight excluding hydrogens is 250 g/mol. The van der Waals surface area contributed by atoms with E-state index in [1.165, 1.54) is 4.31 Å². The monoisotopic (exact) mass is 275 g/mol. The van der Waals surface area contributed by atoms with Crippen molar-refractivity contribution in [2.45, 2.75) is 57.8 Å². The largest absolute Gasteiger partial charge is 0.391 e. The molecule has 3 atom stereocenters. The number of aliphatic hydroxyl groups is 1. The van der Waals surface area contributed by atoms with Crippen molar-refractivity contribution < 1.29 is 13.5 Å². The van der Waals surface area contributed by atoms with Gasteiger partial charge in [0.25, 0.3) is 0 Å². The standard InChI is InChI=1S/C13H25NO3S/c1-5-14(6-2)18(16,17)13-8-7-10(9-11(13)15)12(13,3)4/h10-11,15H,5-9H2,1-4H3/t10-,11-,13-/m0/s1. The highest BCUT2D eigenvalue weighted by Gasteiger charge is 2.71. The molecule has 0 radical (unpaired) electrons. The van der Waals surface area contributed by atoms with Crippen LogP contribution in [0.3, 0.4) is 0 Å². The summed E-state index contributed by atoms with van der Waals surface area (Å²) in [6, 6.07) is 0. The van der Waals surface area contributed by atoms with Gasteiger partial charge in [-0.25, -0.2) is 12.7 Å². The van der Waals surface area contributed by atoms with Crippen LogP contribution in [0.1, 0.15) is 47.0 Å². The first-order valence-corrected chi connectivity index (χ1v) is 8.37. The Labute approximate surface area is 110 Å². The predicted molar refractivity (Wildman–Crippen MR) is 71.7 cm³/mol. The second-order valence-electron chi connectivity index (χ2n) is 6.19. The van der Waals surface area contributed by atoms with Crippen LogP contribution in [0.5, 0.6) is 0 Å². The van der Waals surface area contributed by atoms with Gasteiger partial charge in [-0.15, -0.1) is 0 Å². The Morgan fingerprint density at radius 1 is 1.28 bits per heavy atom. The normalized spacial score (nSPS) is 38.6. The maximum Gasteiger partial charge on any atom is 0.222 e. The topological polar surface area (TPSA) is 57.6 Å². The van der Waals surface area contributed by atoms with E-state index in [0.717, 1.165) is 6.42 Å². The van der Waals surface area contributed by atoms with Gasteiger partial charge in [0, 0.05) is 13.1 Å². The summed E-state index contributed by atoms with van der Waals surface area (Å²) < 4.78 is 26.5. The van der Waals surface area contributed by atoms with E-state index in [1.54, 1.807) is 0 Å². The van der Waals surface area contributed by atoms with Crippen LogP contribution >= 0.6 is 0 Å². The van der Waals surface area contributed by atoms with E-state index in [0.29, 0.717) is 31.8 Å². The summed E-state index contributed by atoms with van der Waals surface area (Å²) in [6.45, 7) is 8.71. The highest BCUT2D eigenvalue weighted by atomic mass is 32.2. The summed E-state index contributed by atoms with van der Waals surface area (Å²) >= 11 is 0. The van der Waals surface area contributed by atoms with Gasteiger partial charge in [0.05, 0.1) is 6.10 Å². The molecule has 0 aromatic heterocycles. The van der Waals surface area contributed by atoms with Crippen molar-refractivity contribution in [3.63, 3.8) is 0 Å². The van der Waals surface area contributed by atoms with Crippen LogP contribution in [-0.4, -0.2) is 41.8 Å². The lowest BCUT2D eigenvalue weighted by atomic mass is 9.81. The minimum absolute atomic E-state index is 0.326. The number of hydrogen-bond acceptors (Lipinski definition) is 3. The number of hydrogen-bond donors (Lipinski definition) is 1. The van der Waals surface area contributed by atoms with Crippen molar-refractivity contribution in [1.29, 1.82) is 0 Å². The van der Waals surface area contributed by atoms with Crippen LogP contribution in [0.2, 0.25) is 0 Å². The van der Waals surface area contributed by atoms with Gasteiger partial charge in [-0.2, -0.15) is 0 Å². The minimum atomic E-state index is -3.44. The van der Waals surface area contributed by atoms with Gasteiger partial charge in [-0.05, 0) is 30.6 Å². The summed E-state index contributed by atoms with van der Waals surface area (Å²) in [5.74, 6) is 0.331. The average Bonchev–Trinajstić information content (AvgIpc) is 2.64. The highest BCUT2D eigenvalue weighted by Crippen LogP contribution is 2.64. The number of fused-ring (bicyclic) bond motifs is 2. The van der Waals surface area contributed by atoms with Crippen molar-refractivity contribution in [2.24, 2.45) is 11.3 Å². The van der Waals surface area contributed by atoms with E-state index >= 15 is 0 Å². The van der Waals surface area contributed by atoms with Gasteiger partial charge in [-0.3, -0.25) is 0 Å². The zero-order valence-electron chi connectivity index (χ0n) is 11.8. The zero-order chi connectivity index (χ0) is 13.8. The number of nitrogens with zero attached hydrogens (tertiary/aromatic N) is 1. The lowest BCUT2D eigenvalue weighted by Gasteiger charge is -2.42. The molecule has 2 saturated carbocycles. The Kier molecular flexibility index (Phi) is 3.32. The molecule has 2 aliphatic rings. The molecule has 0 saturated heterocycles. The van der Waals surface area contributed by atoms with Gasteiger partial charge in [0.2, 0.25) is 10.0 Å². The minimum Gasteiger partial charge on any atom is -0.391 e. The number of rotatable bonds is 4. The fourth-order valence-electron chi connectivity index (χ4n) is 4.31. The van der Waals surface area contributed by atoms with E-state index in [9.17, 15) is 13.5 Å². The third kappa shape index (κ3) is 1.41. The predicted octanol–water partition coefficient (Wildman–Crippen LogP) is 1.60. The van der Waals surface area contributed by atoms with Crippen molar-refractivity contribution in [1.82, 2.24) is 4.31 Å². The lowest BCUT2D eigenvalue weighted by Crippen LogP contribution is -2.58. The maximum absolute atomic E-state index is 13.0. The van der Waals surface area contributed by atoms with E-state index in [-0.39, 0.29) is 5.41 Å². The summed E-state index contributed by atoms with van der Waals surface area (Å²) in [6.07, 6.45) is 1.44. The van der Waals surface area contributed by atoms with E-state index in [2.05, 4.69) is 0 Å². The first-order chi connectivity index (χ1) is 8.25. The molecular formula is C13H25NO3S. The molecule has 0 amide bonds. The molecule has 1 N–H and O–H groups in total. The van der Waals surface area contributed by atoms with Gasteiger partial charge in [0.15, 0.2) is 0 Å². The molecule has 5 heteroatoms. The summed E-state index contributed by atoms with van der Waals surface area (Å²) in [5, 5.41) is 10.4. The molecule has 2 aliphatic carbocycles. The summed E-state index contributed by atoms with van der Waals surface area (Å²) in [7, 11) is -3.44. The molecule has 0 aromatic carbocycles. The highest BCUT2D eigenvalue weighted by molar-refractivity contribution is 7.90. The maximum atomic E-state index is 13.0. The Bertz CT molecular complexity index is 428. The molecule has 18 heavy (non-hydrogen) atoms. The molecule has 2 fully saturated rings. The fraction of sp³-hybridized carbons (Fsp3) is 1.00. The summed E-state index contributed by atoms with van der Waals surface area (Å²) in [5.41, 5.74) is -0.326. The van der Waals surface area contributed by atoms with Crippen molar-refractivity contribution in [3.05, 3.63) is 0 Å². The average molecular weight is 275 g/mol. The van der Waals surface area contributed by atoms with Crippen molar-refractivity contribution in [3.8, 4) is 0 Å². The van der Waals surface area contributed by atoms with E-state index in [4.69, 9.17) is 0 Å².